The first-order valence-corrected chi connectivity index (χ1v) is 12.5. The van der Waals surface area contributed by atoms with Crippen LogP contribution in [0.2, 0.25) is 0 Å². The highest BCUT2D eigenvalue weighted by molar-refractivity contribution is 7.94. The summed E-state index contributed by atoms with van der Waals surface area (Å²) in [5, 5.41) is 4.31. The number of nitrogens with zero attached hydrogens (tertiary/aromatic N) is 1. The Morgan fingerprint density at radius 3 is 2.21 bits per heavy atom. The van der Waals surface area contributed by atoms with E-state index < -0.39 is 35.1 Å². The zero-order chi connectivity index (χ0) is 24.6. The van der Waals surface area contributed by atoms with Gasteiger partial charge in [-0.1, -0.05) is 6.07 Å². The lowest BCUT2D eigenvalue weighted by molar-refractivity contribution is -0.149. The summed E-state index contributed by atoms with van der Waals surface area (Å²) in [6.45, 7) is 1.56. The predicted molar refractivity (Wildman–Crippen MR) is 129 cm³/mol. The minimum absolute atomic E-state index is 0.240. The number of thiophene rings is 1. The minimum atomic E-state index is -3.64. The Kier molecular flexibility index (Phi) is 8.50. The third kappa shape index (κ3) is 6.72. The van der Waals surface area contributed by atoms with E-state index in [1.54, 1.807) is 60.0 Å². The molecule has 0 spiro atoms. The Bertz CT molecular complexity index is 1190. The molecule has 3 aromatic rings. The molecule has 0 aliphatic heterocycles. The third-order valence-electron chi connectivity index (χ3n) is 4.48. The van der Waals surface area contributed by atoms with Gasteiger partial charge in [0.25, 0.3) is 15.9 Å². The first-order chi connectivity index (χ1) is 16.3. The second-order valence-corrected chi connectivity index (χ2v) is 10.00. The Balaban J connectivity index is 1.43. The Morgan fingerprint density at radius 1 is 0.941 bits per heavy atom. The van der Waals surface area contributed by atoms with Crippen molar-refractivity contribution < 1.29 is 32.2 Å². The van der Waals surface area contributed by atoms with Crippen LogP contribution in [0.15, 0.2) is 70.3 Å². The van der Waals surface area contributed by atoms with Crippen molar-refractivity contribution in [2.75, 3.05) is 36.5 Å². The predicted octanol–water partition coefficient (Wildman–Crippen LogP) is 3.53. The summed E-state index contributed by atoms with van der Waals surface area (Å²) in [6, 6.07) is 16.2. The Morgan fingerprint density at radius 2 is 1.59 bits per heavy atom. The molecule has 1 amide bonds. The van der Waals surface area contributed by atoms with E-state index in [0.29, 0.717) is 29.5 Å². The van der Waals surface area contributed by atoms with E-state index in [1.165, 1.54) is 17.4 Å². The van der Waals surface area contributed by atoms with E-state index >= 15 is 0 Å². The van der Waals surface area contributed by atoms with Crippen molar-refractivity contribution in [2.24, 2.45) is 0 Å². The fourth-order valence-electron chi connectivity index (χ4n) is 2.76. The van der Waals surface area contributed by atoms with Crippen LogP contribution in [0.1, 0.15) is 6.92 Å². The van der Waals surface area contributed by atoms with E-state index in [0.717, 1.165) is 11.3 Å². The maximum Gasteiger partial charge on any atom is 0.344 e. The molecule has 34 heavy (non-hydrogen) atoms. The summed E-state index contributed by atoms with van der Waals surface area (Å²) >= 11 is 1.14. The highest BCUT2D eigenvalue weighted by Crippen LogP contribution is 2.26. The van der Waals surface area contributed by atoms with Crippen LogP contribution in [-0.4, -0.2) is 47.2 Å². The second kappa shape index (κ2) is 11.5. The normalized spacial score (nSPS) is 10.9. The van der Waals surface area contributed by atoms with Gasteiger partial charge in [0.1, 0.15) is 15.7 Å². The fourth-order valence-corrected chi connectivity index (χ4v) is 5.12. The SMILES string of the molecule is CCOc1ccc(NC(=O)COC(=O)COc2ccc(N(C)S(=O)(=O)c3cccs3)cc2)cc1. The average molecular weight is 505 g/mol. The number of hydrogen-bond donors (Lipinski definition) is 1. The zero-order valence-corrected chi connectivity index (χ0v) is 20.2. The van der Waals surface area contributed by atoms with Gasteiger partial charge in [0.2, 0.25) is 0 Å². The van der Waals surface area contributed by atoms with Crippen molar-refractivity contribution in [2.45, 2.75) is 11.1 Å². The van der Waals surface area contributed by atoms with Crippen LogP contribution in [0.4, 0.5) is 11.4 Å². The van der Waals surface area contributed by atoms with E-state index in [1.807, 2.05) is 6.92 Å². The van der Waals surface area contributed by atoms with Gasteiger partial charge in [-0.3, -0.25) is 9.10 Å². The standard InChI is InChI=1S/C23H24N2O7S2/c1-3-30-19-10-6-17(7-11-19)24-21(26)15-32-22(27)16-31-20-12-8-18(9-13-20)25(2)34(28,29)23-5-4-14-33-23/h4-14H,3,15-16H2,1-2H3,(H,24,26). The molecule has 0 atom stereocenters. The molecular weight excluding hydrogens is 480 g/mol. The summed E-state index contributed by atoms with van der Waals surface area (Å²) in [5.74, 6) is -0.172. The lowest BCUT2D eigenvalue weighted by Crippen LogP contribution is -2.25. The number of nitrogens with one attached hydrogen (secondary N) is 1. The minimum Gasteiger partial charge on any atom is -0.494 e. The number of hydrogen-bond acceptors (Lipinski definition) is 8. The van der Waals surface area contributed by atoms with Gasteiger partial charge in [0.05, 0.1) is 12.3 Å². The van der Waals surface area contributed by atoms with Crippen LogP contribution in [0.25, 0.3) is 0 Å². The summed E-state index contributed by atoms with van der Waals surface area (Å²) in [7, 11) is -2.18. The Labute approximate surface area is 201 Å². The van der Waals surface area contributed by atoms with Gasteiger partial charge < -0.3 is 19.5 Å². The number of ether oxygens (including phenoxy) is 3. The monoisotopic (exact) mass is 504 g/mol. The topological polar surface area (TPSA) is 111 Å². The molecule has 0 bridgehead atoms. The van der Waals surface area contributed by atoms with Gasteiger partial charge in [-0.05, 0) is 66.9 Å². The molecule has 9 nitrogen and oxygen atoms in total. The molecule has 0 aliphatic carbocycles. The fraction of sp³-hybridized carbons (Fsp3) is 0.217. The molecule has 0 saturated carbocycles. The number of carbonyl (C=O) groups excluding carboxylic acids is 2. The highest BCUT2D eigenvalue weighted by atomic mass is 32.2. The van der Waals surface area contributed by atoms with Crippen LogP contribution in [0.5, 0.6) is 11.5 Å². The van der Waals surface area contributed by atoms with E-state index in [2.05, 4.69) is 5.32 Å². The second-order valence-electron chi connectivity index (χ2n) is 6.85. The van der Waals surface area contributed by atoms with Gasteiger partial charge in [0, 0.05) is 12.7 Å². The largest absolute Gasteiger partial charge is 0.494 e. The lowest BCUT2D eigenvalue weighted by Gasteiger charge is -2.18. The average Bonchev–Trinajstić information content (AvgIpc) is 3.39. The van der Waals surface area contributed by atoms with Crippen LogP contribution >= 0.6 is 11.3 Å². The van der Waals surface area contributed by atoms with Crippen molar-refractivity contribution >= 4 is 44.6 Å². The molecule has 0 radical (unpaired) electrons. The molecule has 2 aromatic carbocycles. The third-order valence-corrected chi connectivity index (χ3v) is 7.64. The van der Waals surface area contributed by atoms with Crippen molar-refractivity contribution in [1.29, 1.82) is 0 Å². The number of sulfonamides is 1. The van der Waals surface area contributed by atoms with Crippen molar-refractivity contribution in [1.82, 2.24) is 0 Å². The highest BCUT2D eigenvalue weighted by Gasteiger charge is 2.22. The van der Waals surface area contributed by atoms with Crippen LogP contribution < -0.4 is 19.1 Å². The van der Waals surface area contributed by atoms with Gasteiger partial charge in [-0.15, -0.1) is 11.3 Å². The number of carbonyl (C=O) groups is 2. The lowest BCUT2D eigenvalue weighted by atomic mass is 10.3. The molecule has 1 aromatic heterocycles. The molecule has 0 fully saturated rings. The molecule has 1 N–H and O–H groups in total. The zero-order valence-electron chi connectivity index (χ0n) is 18.6. The van der Waals surface area contributed by atoms with Crippen molar-refractivity contribution in [3.05, 3.63) is 66.0 Å². The summed E-state index contributed by atoms with van der Waals surface area (Å²) in [4.78, 5) is 23.9. The van der Waals surface area contributed by atoms with Crippen molar-refractivity contribution in [3.63, 3.8) is 0 Å². The number of anilines is 2. The van der Waals surface area contributed by atoms with Crippen LogP contribution in [0, 0.1) is 0 Å². The smallest absolute Gasteiger partial charge is 0.344 e. The van der Waals surface area contributed by atoms with E-state index in [-0.39, 0.29) is 4.21 Å². The van der Waals surface area contributed by atoms with E-state index in [9.17, 15) is 18.0 Å². The van der Waals surface area contributed by atoms with Gasteiger partial charge in [-0.2, -0.15) is 0 Å². The molecule has 0 aliphatic rings. The molecule has 0 saturated heterocycles. The quantitative estimate of drug-likeness (QED) is 0.398. The number of benzene rings is 2. The van der Waals surface area contributed by atoms with E-state index in [4.69, 9.17) is 14.2 Å². The van der Waals surface area contributed by atoms with Gasteiger partial charge in [0.15, 0.2) is 13.2 Å². The van der Waals surface area contributed by atoms with Crippen LogP contribution in [0.3, 0.4) is 0 Å². The molecular formula is C23H24N2O7S2. The Hall–Kier alpha value is -3.57. The maximum absolute atomic E-state index is 12.6. The molecule has 180 valence electrons. The first kappa shape index (κ1) is 25.1. The van der Waals surface area contributed by atoms with Gasteiger partial charge >= 0.3 is 5.97 Å². The maximum atomic E-state index is 12.6. The summed E-state index contributed by atoms with van der Waals surface area (Å²) in [5.41, 5.74) is 0.987. The van der Waals surface area contributed by atoms with Crippen molar-refractivity contribution in [3.8, 4) is 11.5 Å². The number of esters is 1. The number of rotatable bonds is 11. The van der Waals surface area contributed by atoms with Gasteiger partial charge in [-0.25, -0.2) is 13.2 Å². The summed E-state index contributed by atoms with van der Waals surface area (Å²) in [6.07, 6.45) is 0. The molecule has 0 unspecified atom stereocenters. The molecule has 1 heterocycles. The number of amides is 1. The summed E-state index contributed by atoms with van der Waals surface area (Å²) < 4.78 is 42.2. The molecule has 3 rings (SSSR count). The molecule has 11 heteroatoms. The first-order valence-electron chi connectivity index (χ1n) is 10.2. The van der Waals surface area contributed by atoms with Crippen LogP contribution in [-0.2, 0) is 24.3 Å².